The van der Waals surface area contributed by atoms with E-state index in [2.05, 4.69) is 27.0 Å². The topological polar surface area (TPSA) is 38.9 Å². The fourth-order valence-electron chi connectivity index (χ4n) is 0.949. The molecule has 0 aliphatic carbocycles. The molecule has 0 aliphatic rings. The summed E-state index contributed by atoms with van der Waals surface area (Å²) >= 11 is 3.29. The Labute approximate surface area is 81.3 Å². The molecule has 0 spiro atoms. The number of aryl methyl sites for hydroxylation is 1. The van der Waals surface area contributed by atoms with Crippen LogP contribution in [0, 0.1) is 0 Å². The van der Waals surface area contributed by atoms with Gasteiger partial charge in [-0.25, -0.2) is 4.98 Å². The Morgan fingerprint density at radius 2 is 2.33 bits per heavy atom. The van der Waals surface area contributed by atoms with Crippen LogP contribution in [0.5, 0.6) is 0 Å². The van der Waals surface area contributed by atoms with Crippen LogP contribution in [-0.2, 0) is 6.42 Å². The molecule has 0 aliphatic heterocycles. The summed E-state index contributed by atoms with van der Waals surface area (Å²) in [7, 11) is 0. The zero-order valence-electron chi connectivity index (χ0n) is 7.13. The zero-order chi connectivity index (χ0) is 8.97. The fraction of sp³-hybridized carbons (Fsp3) is 0.444. The predicted molar refractivity (Wildman–Crippen MR) is 53.9 cm³/mol. The molecule has 3 heteroatoms. The number of hydrogen-bond acceptors (Lipinski definition) is 2. The first-order valence-electron chi connectivity index (χ1n) is 4.04. The summed E-state index contributed by atoms with van der Waals surface area (Å²) in [6.45, 7) is 2.02. The average Bonchev–Trinajstić information content (AvgIpc) is 2.03. The number of aromatic nitrogens is 1. The third kappa shape index (κ3) is 3.32. The highest BCUT2D eigenvalue weighted by Gasteiger charge is 1.96. The number of halogens is 1. The Hall–Kier alpha value is -0.410. The number of pyridine rings is 1. The van der Waals surface area contributed by atoms with Crippen LogP contribution in [-0.4, -0.2) is 11.0 Å². The van der Waals surface area contributed by atoms with Crippen molar-refractivity contribution in [3.63, 3.8) is 0 Å². The Bertz CT molecular complexity index is 231. The number of nitrogens with zero attached hydrogens (tertiary/aromatic N) is 1. The van der Waals surface area contributed by atoms with Gasteiger partial charge in [-0.15, -0.1) is 0 Å². The van der Waals surface area contributed by atoms with Crippen molar-refractivity contribution >= 4 is 15.9 Å². The fourth-order valence-corrected chi connectivity index (χ4v) is 1.18. The molecule has 1 aromatic rings. The van der Waals surface area contributed by atoms with Crippen molar-refractivity contribution in [3.05, 3.63) is 28.5 Å². The van der Waals surface area contributed by atoms with Gasteiger partial charge in [0.25, 0.3) is 0 Å². The smallest absolute Gasteiger partial charge is 0.106 e. The van der Waals surface area contributed by atoms with Gasteiger partial charge in [0.1, 0.15) is 4.60 Å². The molecule has 1 atom stereocenters. The Morgan fingerprint density at radius 1 is 1.58 bits per heavy atom. The molecule has 0 amide bonds. The van der Waals surface area contributed by atoms with Gasteiger partial charge in [-0.05, 0) is 47.3 Å². The van der Waals surface area contributed by atoms with Crippen LogP contribution in [0.25, 0.3) is 0 Å². The molecule has 2 nitrogen and oxygen atoms in total. The van der Waals surface area contributed by atoms with Crippen molar-refractivity contribution in [2.75, 3.05) is 0 Å². The lowest BCUT2D eigenvalue weighted by Crippen LogP contribution is -2.15. The molecule has 0 saturated carbocycles. The lowest BCUT2D eigenvalue weighted by atomic mass is 10.1. The second-order valence-corrected chi connectivity index (χ2v) is 3.82. The van der Waals surface area contributed by atoms with Crippen molar-refractivity contribution in [2.24, 2.45) is 5.73 Å². The molecule has 0 fully saturated rings. The summed E-state index contributed by atoms with van der Waals surface area (Å²) in [5.41, 5.74) is 6.89. The lowest BCUT2D eigenvalue weighted by Gasteiger charge is -2.03. The van der Waals surface area contributed by atoms with E-state index < -0.39 is 0 Å². The van der Waals surface area contributed by atoms with Crippen LogP contribution in [0.1, 0.15) is 18.9 Å². The van der Waals surface area contributed by atoms with Crippen LogP contribution < -0.4 is 5.73 Å². The monoisotopic (exact) mass is 228 g/mol. The molecule has 66 valence electrons. The van der Waals surface area contributed by atoms with Crippen LogP contribution in [0.2, 0.25) is 0 Å². The van der Waals surface area contributed by atoms with E-state index in [9.17, 15) is 0 Å². The zero-order valence-corrected chi connectivity index (χ0v) is 8.71. The van der Waals surface area contributed by atoms with Gasteiger partial charge in [-0.2, -0.15) is 0 Å². The van der Waals surface area contributed by atoms with Gasteiger partial charge in [-0.1, -0.05) is 6.07 Å². The number of rotatable bonds is 3. The van der Waals surface area contributed by atoms with E-state index in [1.54, 1.807) is 0 Å². The van der Waals surface area contributed by atoms with Gasteiger partial charge >= 0.3 is 0 Å². The van der Waals surface area contributed by atoms with Crippen molar-refractivity contribution in [1.82, 2.24) is 4.98 Å². The maximum absolute atomic E-state index is 5.64. The van der Waals surface area contributed by atoms with Crippen LogP contribution in [0.3, 0.4) is 0 Å². The first-order chi connectivity index (χ1) is 5.68. The van der Waals surface area contributed by atoms with E-state index in [-0.39, 0.29) is 6.04 Å². The van der Waals surface area contributed by atoms with E-state index >= 15 is 0 Å². The maximum atomic E-state index is 5.64. The molecular weight excluding hydrogens is 216 g/mol. The Balaban J connectivity index is 2.48. The minimum absolute atomic E-state index is 0.272. The lowest BCUT2D eigenvalue weighted by molar-refractivity contribution is 0.665. The van der Waals surface area contributed by atoms with E-state index in [1.165, 1.54) is 5.56 Å². The third-order valence-electron chi connectivity index (χ3n) is 1.68. The van der Waals surface area contributed by atoms with Gasteiger partial charge in [-0.3, -0.25) is 0 Å². The second-order valence-electron chi connectivity index (χ2n) is 3.01. The third-order valence-corrected chi connectivity index (χ3v) is 2.15. The van der Waals surface area contributed by atoms with Crippen molar-refractivity contribution in [3.8, 4) is 0 Å². The van der Waals surface area contributed by atoms with E-state index in [4.69, 9.17) is 5.73 Å². The molecule has 2 N–H and O–H groups in total. The first-order valence-corrected chi connectivity index (χ1v) is 4.84. The molecule has 0 unspecified atom stereocenters. The summed E-state index contributed by atoms with van der Waals surface area (Å²) in [6.07, 6.45) is 3.91. The quantitative estimate of drug-likeness (QED) is 0.806. The highest BCUT2D eigenvalue weighted by molar-refractivity contribution is 9.10. The Morgan fingerprint density at radius 3 is 2.83 bits per heavy atom. The normalized spacial score (nSPS) is 12.9. The molecule has 0 saturated heterocycles. The van der Waals surface area contributed by atoms with Crippen molar-refractivity contribution in [2.45, 2.75) is 25.8 Å². The number of hydrogen-bond donors (Lipinski definition) is 1. The van der Waals surface area contributed by atoms with Gasteiger partial charge in [0.15, 0.2) is 0 Å². The maximum Gasteiger partial charge on any atom is 0.106 e. The van der Waals surface area contributed by atoms with Crippen LogP contribution in [0.15, 0.2) is 22.9 Å². The summed E-state index contributed by atoms with van der Waals surface area (Å²) in [4.78, 5) is 4.13. The van der Waals surface area contributed by atoms with Crippen molar-refractivity contribution in [1.29, 1.82) is 0 Å². The average molecular weight is 229 g/mol. The molecule has 12 heavy (non-hydrogen) atoms. The SMILES string of the molecule is C[C@@H](N)CCc1ccc(Br)nc1. The Kier molecular flexibility index (Phi) is 3.69. The summed E-state index contributed by atoms with van der Waals surface area (Å²) < 4.78 is 0.882. The molecule has 1 aromatic heterocycles. The van der Waals surface area contributed by atoms with Crippen LogP contribution >= 0.6 is 15.9 Å². The molecule has 0 bridgehead atoms. The second kappa shape index (κ2) is 4.58. The highest BCUT2D eigenvalue weighted by atomic mass is 79.9. The summed E-state index contributed by atoms with van der Waals surface area (Å²) in [5, 5.41) is 0. The van der Waals surface area contributed by atoms with Gasteiger partial charge in [0, 0.05) is 12.2 Å². The molecular formula is C9H13BrN2. The van der Waals surface area contributed by atoms with Crippen molar-refractivity contribution < 1.29 is 0 Å². The molecule has 0 radical (unpaired) electrons. The minimum Gasteiger partial charge on any atom is -0.328 e. The summed E-state index contributed by atoms with van der Waals surface area (Å²) in [5.74, 6) is 0. The van der Waals surface area contributed by atoms with E-state index in [1.807, 2.05) is 19.2 Å². The summed E-state index contributed by atoms with van der Waals surface area (Å²) in [6, 6.07) is 4.30. The molecule has 1 rings (SSSR count). The molecule has 1 heterocycles. The van der Waals surface area contributed by atoms with Crippen LogP contribution in [0.4, 0.5) is 0 Å². The largest absolute Gasteiger partial charge is 0.328 e. The predicted octanol–water partition coefficient (Wildman–Crippen LogP) is 2.12. The number of nitrogens with two attached hydrogens (primary N) is 1. The van der Waals surface area contributed by atoms with Gasteiger partial charge in [0.2, 0.25) is 0 Å². The minimum atomic E-state index is 0.272. The van der Waals surface area contributed by atoms with E-state index in [0.29, 0.717) is 0 Å². The van der Waals surface area contributed by atoms with E-state index in [0.717, 1.165) is 17.4 Å². The standard InChI is InChI=1S/C9H13BrN2/c1-7(11)2-3-8-4-5-9(10)12-6-8/h4-7H,2-3,11H2,1H3/t7-/m1/s1. The molecule has 0 aromatic carbocycles. The van der Waals surface area contributed by atoms with Gasteiger partial charge in [0.05, 0.1) is 0 Å². The first kappa shape index (κ1) is 9.68. The highest BCUT2D eigenvalue weighted by Crippen LogP contribution is 2.08. The van der Waals surface area contributed by atoms with Gasteiger partial charge < -0.3 is 5.73 Å².